The number of imidazole rings is 1. The van der Waals surface area contributed by atoms with Crippen molar-refractivity contribution in [1.82, 2.24) is 25.9 Å². The second kappa shape index (κ2) is 14.4. The molecule has 0 bridgehead atoms. The van der Waals surface area contributed by atoms with Crippen molar-refractivity contribution in [3.8, 4) is 5.75 Å². The number of benzene rings is 1. The largest absolute Gasteiger partial charge is 0.508 e. The van der Waals surface area contributed by atoms with E-state index < -0.39 is 59.9 Å². The number of aliphatic hydroxyl groups is 1. The molecule has 0 saturated carbocycles. The van der Waals surface area contributed by atoms with Crippen molar-refractivity contribution in [2.24, 2.45) is 5.73 Å². The molecule has 0 radical (unpaired) electrons. The fourth-order valence-electron chi connectivity index (χ4n) is 3.51. The second-order valence-corrected chi connectivity index (χ2v) is 8.88. The Hall–Kier alpha value is -4.50. The number of amides is 3. The van der Waals surface area contributed by atoms with Gasteiger partial charge in [0.05, 0.1) is 18.5 Å². The number of H-pyrrole nitrogens is 1. The summed E-state index contributed by atoms with van der Waals surface area (Å²) in [4.78, 5) is 67.9. The molecular formula is C24H32N6O9. The van der Waals surface area contributed by atoms with Crippen LogP contribution in [0.4, 0.5) is 0 Å². The first kappa shape index (κ1) is 30.7. The highest BCUT2D eigenvalue weighted by Crippen LogP contribution is 2.12. The van der Waals surface area contributed by atoms with Crippen molar-refractivity contribution in [3.05, 3.63) is 48.0 Å². The number of hydrogen-bond donors (Lipinski definition) is 9. The molecule has 15 nitrogen and oxygen atoms in total. The summed E-state index contributed by atoms with van der Waals surface area (Å²) in [5.74, 6) is -5.22. The van der Waals surface area contributed by atoms with Crippen LogP contribution in [0.3, 0.4) is 0 Å². The third-order valence-corrected chi connectivity index (χ3v) is 5.67. The van der Waals surface area contributed by atoms with Crippen molar-refractivity contribution < 1.29 is 44.4 Å². The Labute approximate surface area is 222 Å². The molecule has 0 aliphatic carbocycles. The van der Waals surface area contributed by atoms with E-state index in [2.05, 4.69) is 25.9 Å². The van der Waals surface area contributed by atoms with Gasteiger partial charge in [-0.2, -0.15) is 0 Å². The smallest absolute Gasteiger partial charge is 0.328 e. The Morgan fingerprint density at radius 3 is 2.08 bits per heavy atom. The summed E-state index contributed by atoms with van der Waals surface area (Å²) in [7, 11) is 0. The Bertz CT molecular complexity index is 1140. The Morgan fingerprint density at radius 2 is 1.54 bits per heavy atom. The van der Waals surface area contributed by atoms with E-state index >= 15 is 0 Å². The first-order valence-corrected chi connectivity index (χ1v) is 11.9. The maximum absolute atomic E-state index is 13.3. The molecule has 2 aromatic rings. The highest BCUT2D eigenvalue weighted by Gasteiger charge is 2.32. The molecule has 15 heteroatoms. The van der Waals surface area contributed by atoms with Crippen molar-refractivity contribution >= 4 is 29.7 Å². The predicted octanol–water partition coefficient (Wildman–Crippen LogP) is -1.99. The van der Waals surface area contributed by atoms with Crippen LogP contribution in [-0.4, -0.2) is 90.3 Å². The molecule has 212 valence electrons. The third kappa shape index (κ3) is 10.1. The Kier molecular flexibility index (Phi) is 11.4. The molecular weight excluding hydrogens is 516 g/mol. The minimum absolute atomic E-state index is 0.0367. The zero-order valence-electron chi connectivity index (χ0n) is 21.0. The molecule has 2 rings (SSSR count). The van der Waals surface area contributed by atoms with Crippen LogP contribution in [0, 0.1) is 0 Å². The standard InChI is InChI=1S/C24H32N6O9/c1-12(31)20(24(38)39)30-23(37)17(8-13-2-4-15(32)5-3-13)29-22(36)18(9-14-10-26-11-27-14)28-21(35)16(25)6-7-19(33)34/h2-5,10-12,16-18,20,31-32H,6-9,25H2,1H3,(H,26,27)(H,28,35)(H,29,36)(H,30,37)(H,33,34)(H,38,39). The molecule has 1 aromatic carbocycles. The fraction of sp³-hybridized carbons (Fsp3) is 0.417. The molecule has 5 unspecified atom stereocenters. The van der Waals surface area contributed by atoms with Gasteiger partial charge in [0, 0.05) is 31.2 Å². The van der Waals surface area contributed by atoms with Crippen molar-refractivity contribution in [2.75, 3.05) is 0 Å². The van der Waals surface area contributed by atoms with Gasteiger partial charge in [-0.1, -0.05) is 12.1 Å². The van der Waals surface area contributed by atoms with Gasteiger partial charge in [0.25, 0.3) is 0 Å². The number of hydrogen-bond acceptors (Lipinski definition) is 9. The van der Waals surface area contributed by atoms with Gasteiger partial charge in [-0.05, 0) is 31.0 Å². The van der Waals surface area contributed by atoms with E-state index in [1.54, 1.807) is 0 Å². The lowest BCUT2D eigenvalue weighted by molar-refractivity contribution is -0.145. The highest BCUT2D eigenvalue weighted by molar-refractivity contribution is 5.94. The summed E-state index contributed by atoms with van der Waals surface area (Å²) in [6.07, 6.45) is 0.549. The number of carbonyl (C=O) groups excluding carboxylic acids is 3. The molecule has 3 amide bonds. The lowest BCUT2D eigenvalue weighted by Gasteiger charge is -2.26. The number of carboxylic acid groups (broad SMARTS) is 2. The zero-order valence-corrected chi connectivity index (χ0v) is 21.0. The van der Waals surface area contributed by atoms with Crippen LogP contribution in [-0.2, 0) is 36.8 Å². The maximum atomic E-state index is 13.3. The number of rotatable bonds is 15. The van der Waals surface area contributed by atoms with Crippen LogP contribution in [0.1, 0.15) is 31.0 Å². The quantitative estimate of drug-likeness (QED) is 0.118. The molecule has 0 fully saturated rings. The van der Waals surface area contributed by atoms with Gasteiger partial charge in [-0.25, -0.2) is 9.78 Å². The van der Waals surface area contributed by atoms with Crippen LogP contribution >= 0.6 is 0 Å². The lowest BCUT2D eigenvalue weighted by Crippen LogP contribution is -2.59. The first-order valence-electron chi connectivity index (χ1n) is 11.9. The van der Waals surface area contributed by atoms with Gasteiger partial charge in [0.2, 0.25) is 17.7 Å². The van der Waals surface area contributed by atoms with Crippen LogP contribution in [0.2, 0.25) is 0 Å². The molecule has 1 heterocycles. The molecule has 0 spiro atoms. The summed E-state index contributed by atoms with van der Waals surface area (Å²) < 4.78 is 0. The van der Waals surface area contributed by atoms with E-state index in [9.17, 15) is 39.3 Å². The second-order valence-electron chi connectivity index (χ2n) is 8.88. The van der Waals surface area contributed by atoms with Crippen molar-refractivity contribution in [1.29, 1.82) is 0 Å². The number of aromatic nitrogens is 2. The number of aliphatic hydroxyl groups excluding tert-OH is 1. The SMILES string of the molecule is CC(O)C(NC(=O)C(Cc1ccc(O)cc1)NC(=O)C(Cc1cnc[nH]1)NC(=O)C(N)CCC(=O)O)C(=O)O. The normalized spacial score (nSPS) is 14.7. The number of aliphatic carboxylic acids is 2. The van der Waals surface area contributed by atoms with E-state index in [-0.39, 0.29) is 31.4 Å². The molecule has 5 atom stereocenters. The first-order chi connectivity index (χ1) is 18.4. The van der Waals surface area contributed by atoms with E-state index in [1.165, 1.54) is 43.7 Å². The molecule has 0 aliphatic rings. The molecule has 39 heavy (non-hydrogen) atoms. The average molecular weight is 549 g/mol. The summed E-state index contributed by atoms with van der Waals surface area (Å²) >= 11 is 0. The zero-order chi connectivity index (χ0) is 29.1. The minimum atomic E-state index is -1.66. The monoisotopic (exact) mass is 548 g/mol. The maximum Gasteiger partial charge on any atom is 0.328 e. The van der Waals surface area contributed by atoms with Gasteiger partial charge in [0.1, 0.15) is 17.8 Å². The number of phenols is 1. The molecule has 0 aliphatic heterocycles. The summed E-state index contributed by atoms with van der Waals surface area (Å²) in [5.41, 5.74) is 6.73. The lowest BCUT2D eigenvalue weighted by atomic mass is 10.0. The number of nitrogens with zero attached hydrogens (tertiary/aromatic N) is 1. The summed E-state index contributed by atoms with van der Waals surface area (Å²) in [6, 6.07) is 0.192. The van der Waals surface area contributed by atoms with Crippen LogP contribution in [0.25, 0.3) is 0 Å². The van der Waals surface area contributed by atoms with Crippen molar-refractivity contribution in [3.63, 3.8) is 0 Å². The number of aromatic hydroxyl groups is 1. The van der Waals surface area contributed by atoms with Crippen LogP contribution in [0.15, 0.2) is 36.8 Å². The van der Waals surface area contributed by atoms with E-state index in [0.29, 0.717) is 11.3 Å². The van der Waals surface area contributed by atoms with Gasteiger partial charge in [-0.3, -0.25) is 19.2 Å². The number of nitrogens with two attached hydrogens (primary N) is 1. The highest BCUT2D eigenvalue weighted by atomic mass is 16.4. The van der Waals surface area contributed by atoms with Gasteiger partial charge in [0.15, 0.2) is 6.04 Å². The number of phenolic OH excluding ortho intramolecular Hbond substituents is 1. The number of carbonyl (C=O) groups is 5. The van der Waals surface area contributed by atoms with Crippen LogP contribution < -0.4 is 21.7 Å². The number of aromatic amines is 1. The summed E-state index contributed by atoms with van der Waals surface area (Å²) in [5, 5.41) is 44.6. The van der Waals surface area contributed by atoms with Crippen molar-refractivity contribution in [2.45, 2.75) is 62.9 Å². The topological polar surface area (TPSA) is 257 Å². The summed E-state index contributed by atoms with van der Waals surface area (Å²) in [6.45, 7) is 1.18. The fourth-order valence-corrected chi connectivity index (χ4v) is 3.51. The van der Waals surface area contributed by atoms with E-state index in [4.69, 9.17) is 10.8 Å². The number of nitrogens with one attached hydrogen (secondary N) is 4. The van der Waals surface area contributed by atoms with E-state index in [0.717, 1.165) is 0 Å². The van der Waals surface area contributed by atoms with Gasteiger partial charge < -0.3 is 47.1 Å². The van der Waals surface area contributed by atoms with Crippen LogP contribution in [0.5, 0.6) is 5.75 Å². The average Bonchev–Trinajstić information content (AvgIpc) is 3.38. The Balaban J connectivity index is 2.28. The van der Waals surface area contributed by atoms with Gasteiger partial charge in [-0.15, -0.1) is 0 Å². The Morgan fingerprint density at radius 1 is 0.949 bits per heavy atom. The molecule has 0 saturated heterocycles. The molecule has 1 aromatic heterocycles. The van der Waals surface area contributed by atoms with E-state index in [1.807, 2.05) is 0 Å². The molecule has 10 N–H and O–H groups in total. The van der Waals surface area contributed by atoms with Gasteiger partial charge >= 0.3 is 11.9 Å². The number of carboxylic acids is 2. The predicted molar refractivity (Wildman–Crippen MR) is 134 cm³/mol. The minimum Gasteiger partial charge on any atom is -0.508 e. The third-order valence-electron chi connectivity index (χ3n) is 5.67.